The first-order valence-electron chi connectivity index (χ1n) is 10.5. The molecule has 0 atom stereocenters. The van der Waals surface area contributed by atoms with Crippen LogP contribution in [0.1, 0.15) is 26.7 Å². The third kappa shape index (κ3) is 4.54. The molecule has 0 saturated carbocycles. The van der Waals surface area contributed by atoms with E-state index in [0.29, 0.717) is 28.5 Å². The maximum atomic E-state index is 12.8. The molecule has 0 fully saturated rings. The fraction of sp³-hybridized carbons (Fsp3) is 0.200. The number of aromatic amines is 1. The van der Waals surface area contributed by atoms with Gasteiger partial charge in [-0.05, 0) is 49.4 Å². The van der Waals surface area contributed by atoms with Crippen molar-refractivity contribution in [3.8, 4) is 28.5 Å². The molecule has 2 heterocycles. The van der Waals surface area contributed by atoms with Crippen molar-refractivity contribution in [1.29, 1.82) is 0 Å². The number of imidazole rings is 1. The first-order valence-corrected chi connectivity index (χ1v) is 10.5. The Hall–Kier alpha value is -4.40. The van der Waals surface area contributed by atoms with Gasteiger partial charge < -0.3 is 24.5 Å². The summed E-state index contributed by atoms with van der Waals surface area (Å²) in [6.45, 7) is 1.66. The van der Waals surface area contributed by atoms with E-state index in [-0.39, 0.29) is 18.0 Å². The number of methoxy groups -OCH3 is 3. The molecular weight excluding hydrogens is 436 g/mol. The number of fused-ring (bicyclic) bond motifs is 1. The molecule has 2 N–H and O–H groups in total. The lowest BCUT2D eigenvalue weighted by molar-refractivity contribution is 0.0902. The number of ketones is 1. The number of ether oxygens (including phenoxy) is 3. The van der Waals surface area contributed by atoms with Crippen LogP contribution in [0.4, 0.5) is 0 Å². The number of Topliss-reactive ketones (excluding diaryl/α,β-unsaturated/α-hetero) is 1. The van der Waals surface area contributed by atoms with Crippen LogP contribution in [-0.4, -0.2) is 54.5 Å². The minimum absolute atomic E-state index is 0.210. The number of amides is 1. The molecular formula is C25H24N4O5. The number of pyridine rings is 1. The van der Waals surface area contributed by atoms with Crippen molar-refractivity contribution in [3.05, 3.63) is 65.6 Å². The SMILES string of the molecule is COc1ccc(C(=O)NCC(=O)c2ccc(OC)c(-c3ccc4[nH]c(C)nc4c3)n2)cc1OC. The van der Waals surface area contributed by atoms with Crippen molar-refractivity contribution in [2.75, 3.05) is 27.9 Å². The zero-order valence-corrected chi connectivity index (χ0v) is 19.3. The van der Waals surface area contributed by atoms with Crippen LogP contribution in [0.25, 0.3) is 22.3 Å². The summed E-state index contributed by atoms with van der Waals surface area (Å²) in [6, 6.07) is 13.7. The van der Waals surface area contributed by atoms with Crippen molar-refractivity contribution in [2.24, 2.45) is 0 Å². The number of hydrogen-bond acceptors (Lipinski definition) is 7. The Kier molecular flexibility index (Phi) is 6.44. The van der Waals surface area contributed by atoms with Crippen LogP contribution in [-0.2, 0) is 0 Å². The van der Waals surface area contributed by atoms with Crippen LogP contribution in [0.2, 0.25) is 0 Å². The number of rotatable bonds is 8. The largest absolute Gasteiger partial charge is 0.494 e. The Morgan fingerprint density at radius 1 is 0.882 bits per heavy atom. The van der Waals surface area contributed by atoms with Gasteiger partial charge in [-0.1, -0.05) is 6.07 Å². The van der Waals surface area contributed by atoms with Gasteiger partial charge in [0.25, 0.3) is 5.91 Å². The fourth-order valence-electron chi connectivity index (χ4n) is 3.58. The average Bonchev–Trinajstić information content (AvgIpc) is 3.25. The van der Waals surface area contributed by atoms with E-state index < -0.39 is 5.91 Å². The Balaban J connectivity index is 1.54. The average molecular weight is 460 g/mol. The van der Waals surface area contributed by atoms with Crippen LogP contribution >= 0.6 is 0 Å². The second-order valence-corrected chi connectivity index (χ2v) is 7.48. The normalized spacial score (nSPS) is 10.7. The van der Waals surface area contributed by atoms with Gasteiger partial charge in [0.1, 0.15) is 23.0 Å². The summed E-state index contributed by atoms with van der Waals surface area (Å²) >= 11 is 0. The van der Waals surface area contributed by atoms with E-state index in [4.69, 9.17) is 14.2 Å². The molecule has 174 valence electrons. The summed E-state index contributed by atoms with van der Waals surface area (Å²) in [5.74, 6) is 1.51. The van der Waals surface area contributed by atoms with Crippen molar-refractivity contribution >= 4 is 22.7 Å². The van der Waals surface area contributed by atoms with Crippen molar-refractivity contribution in [2.45, 2.75) is 6.92 Å². The molecule has 0 radical (unpaired) electrons. The van der Waals surface area contributed by atoms with Crippen molar-refractivity contribution in [3.63, 3.8) is 0 Å². The molecule has 1 amide bonds. The molecule has 0 aliphatic carbocycles. The topological polar surface area (TPSA) is 115 Å². The standard InChI is InChI=1S/C25H24N4O5/c1-14-27-17-7-5-15(11-19(17)28-14)24-22(33-3)10-8-18(29-24)20(30)13-26-25(31)16-6-9-21(32-2)23(12-16)34-4/h5-12H,13H2,1-4H3,(H,26,31)(H,27,28). The molecule has 2 aromatic carbocycles. The Morgan fingerprint density at radius 2 is 1.62 bits per heavy atom. The van der Waals surface area contributed by atoms with Crippen LogP contribution in [0, 0.1) is 6.92 Å². The molecule has 34 heavy (non-hydrogen) atoms. The van der Waals surface area contributed by atoms with Gasteiger partial charge in [-0.3, -0.25) is 9.59 Å². The third-order valence-corrected chi connectivity index (χ3v) is 5.29. The predicted octanol–water partition coefficient (Wildman–Crippen LogP) is 3.57. The van der Waals surface area contributed by atoms with Crippen LogP contribution in [0.15, 0.2) is 48.5 Å². The van der Waals surface area contributed by atoms with E-state index in [0.717, 1.165) is 22.4 Å². The van der Waals surface area contributed by atoms with Gasteiger partial charge in [-0.2, -0.15) is 0 Å². The van der Waals surface area contributed by atoms with Gasteiger partial charge in [0.2, 0.25) is 0 Å². The molecule has 0 saturated heterocycles. The quantitative estimate of drug-likeness (QED) is 0.386. The van der Waals surface area contributed by atoms with Crippen molar-refractivity contribution in [1.82, 2.24) is 20.3 Å². The molecule has 0 aliphatic rings. The molecule has 0 aliphatic heterocycles. The highest BCUT2D eigenvalue weighted by Crippen LogP contribution is 2.30. The van der Waals surface area contributed by atoms with Gasteiger partial charge >= 0.3 is 0 Å². The summed E-state index contributed by atoms with van der Waals surface area (Å²) in [7, 11) is 4.55. The number of nitrogens with zero attached hydrogens (tertiary/aromatic N) is 2. The van der Waals surface area contributed by atoms with E-state index >= 15 is 0 Å². The third-order valence-electron chi connectivity index (χ3n) is 5.29. The van der Waals surface area contributed by atoms with E-state index in [1.54, 1.807) is 37.4 Å². The fourth-order valence-corrected chi connectivity index (χ4v) is 3.58. The van der Waals surface area contributed by atoms with Gasteiger partial charge in [-0.25, -0.2) is 9.97 Å². The van der Waals surface area contributed by atoms with E-state index in [1.165, 1.54) is 14.2 Å². The van der Waals surface area contributed by atoms with Crippen LogP contribution < -0.4 is 19.5 Å². The summed E-state index contributed by atoms with van der Waals surface area (Å²) in [5, 5.41) is 2.63. The first kappa shape index (κ1) is 22.8. The highest BCUT2D eigenvalue weighted by Gasteiger charge is 2.17. The molecule has 2 aromatic heterocycles. The first-order chi connectivity index (χ1) is 16.4. The second-order valence-electron chi connectivity index (χ2n) is 7.48. The summed E-state index contributed by atoms with van der Waals surface area (Å²) in [5.41, 5.74) is 3.53. The number of carbonyl (C=O) groups excluding carboxylic acids is 2. The number of aromatic nitrogens is 3. The maximum Gasteiger partial charge on any atom is 0.251 e. The van der Waals surface area contributed by atoms with E-state index in [1.807, 2.05) is 25.1 Å². The highest BCUT2D eigenvalue weighted by molar-refractivity contribution is 6.01. The molecule has 4 rings (SSSR count). The van der Waals surface area contributed by atoms with Gasteiger partial charge in [-0.15, -0.1) is 0 Å². The molecule has 0 bridgehead atoms. The Labute approximate surface area is 196 Å². The number of carbonyl (C=O) groups is 2. The van der Waals surface area contributed by atoms with Crippen LogP contribution in [0.5, 0.6) is 17.2 Å². The maximum absolute atomic E-state index is 12.8. The molecule has 0 unspecified atom stereocenters. The second kappa shape index (κ2) is 9.62. The summed E-state index contributed by atoms with van der Waals surface area (Å²) in [6.07, 6.45) is 0. The smallest absolute Gasteiger partial charge is 0.251 e. The Bertz CT molecular complexity index is 1380. The van der Waals surface area contributed by atoms with Gasteiger partial charge in [0.05, 0.1) is 38.9 Å². The lowest BCUT2D eigenvalue weighted by atomic mass is 10.1. The number of nitrogens with one attached hydrogen (secondary N) is 2. The van der Waals surface area contributed by atoms with Gasteiger partial charge in [0.15, 0.2) is 17.3 Å². The summed E-state index contributed by atoms with van der Waals surface area (Å²) < 4.78 is 15.9. The Morgan fingerprint density at radius 3 is 2.35 bits per heavy atom. The monoisotopic (exact) mass is 460 g/mol. The molecule has 9 nitrogen and oxygen atoms in total. The summed E-state index contributed by atoms with van der Waals surface area (Å²) in [4.78, 5) is 37.5. The number of benzene rings is 2. The molecule has 4 aromatic rings. The lowest BCUT2D eigenvalue weighted by Gasteiger charge is -2.11. The zero-order chi connectivity index (χ0) is 24.2. The number of hydrogen-bond donors (Lipinski definition) is 2. The van der Waals surface area contributed by atoms with Gasteiger partial charge in [0, 0.05) is 11.1 Å². The zero-order valence-electron chi connectivity index (χ0n) is 19.3. The van der Waals surface area contributed by atoms with Crippen LogP contribution in [0.3, 0.4) is 0 Å². The highest BCUT2D eigenvalue weighted by atomic mass is 16.5. The van der Waals surface area contributed by atoms with Crippen molar-refractivity contribution < 1.29 is 23.8 Å². The number of aryl methyl sites for hydroxylation is 1. The molecule has 0 spiro atoms. The van der Waals surface area contributed by atoms with E-state index in [9.17, 15) is 9.59 Å². The minimum atomic E-state index is -0.414. The minimum Gasteiger partial charge on any atom is -0.494 e. The lowest BCUT2D eigenvalue weighted by Crippen LogP contribution is -2.30. The predicted molar refractivity (Wildman–Crippen MR) is 127 cm³/mol. The number of H-pyrrole nitrogens is 1. The molecule has 9 heteroatoms. The van der Waals surface area contributed by atoms with E-state index in [2.05, 4.69) is 20.3 Å².